The van der Waals surface area contributed by atoms with Gasteiger partial charge >= 0.3 is 19.8 Å². The highest BCUT2D eigenvalue weighted by Gasteiger charge is 2.35. The van der Waals surface area contributed by atoms with Crippen molar-refractivity contribution >= 4 is 19.8 Å². The van der Waals surface area contributed by atoms with Crippen LogP contribution in [0.2, 0.25) is 0 Å². The molecule has 274 valence electrons. The SMILES string of the molecule is CC/C=C\CC1OC1C/C=C\C/C=C\C/C=C\C/C=C\CCC(=O)O[C@H](COC(=O)CCCCCCCCCCCC)COP(=O)(O)O. The van der Waals surface area contributed by atoms with E-state index in [4.69, 9.17) is 24.0 Å². The van der Waals surface area contributed by atoms with Gasteiger partial charge < -0.3 is 24.0 Å². The number of hydrogen-bond donors (Lipinski definition) is 2. The van der Waals surface area contributed by atoms with Crippen LogP contribution < -0.4 is 0 Å². The number of epoxide rings is 1. The maximum absolute atomic E-state index is 12.3. The summed E-state index contributed by atoms with van der Waals surface area (Å²) in [5, 5.41) is 0. The fourth-order valence-corrected chi connectivity index (χ4v) is 5.27. The zero-order valence-electron chi connectivity index (χ0n) is 29.6. The van der Waals surface area contributed by atoms with Crippen molar-refractivity contribution in [2.24, 2.45) is 0 Å². The molecule has 3 atom stereocenters. The highest BCUT2D eigenvalue weighted by Crippen LogP contribution is 2.36. The molecule has 1 aliphatic heterocycles. The molecule has 0 aliphatic carbocycles. The quantitative estimate of drug-likeness (QED) is 0.0239. The molecule has 0 bridgehead atoms. The number of carbonyl (C=O) groups excluding carboxylic acids is 2. The van der Waals surface area contributed by atoms with Crippen LogP contribution in [0.15, 0.2) is 60.8 Å². The largest absolute Gasteiger partial charge is 0.469 e. The minimum Gasteiger partial charge on any atom is -0.462 e. The molecule has 2 N–H and O–H groups in total. The highest BCUT2D eigenvalue weighted by molar-refractivity contribution is 7.46. The molecule has 9 nitrogen and oxygen atoms in total. The molecule has 0 spiro atoms. The Hall–Kier alpha value is -2.29. The monoisotopic (exact) mass is 694 g/mol. The Morgan fingerprint density at radius 2 is 1.19 bits per heavy atom. The summed E-state index contributed by atoms with van der Waals surface area (Å²) in [5.74, 6) is -0.994. The average molecular weight is 695 g/mol. The van der Waals surface area contributed by atoms with Gasteiger partial charge in [0.15, 0.2) is 6.10 Å². The van der Waals surface area contributed by atoms with E-state index in [1.54, 1.807) is 0 Å². The van der Waals surface area contributed by atoms with Crippen LogP contribution in [-0.2, 0) is 32.9 Å². The molecule has 0 aromatic rings. The number of hydrogen-bond acceptors (Lipinski definition) is 7. The van der Waals surface area contributed by atoms with E-state index < -0.39 is 32.5 Å². The lowest BCUT2D eigenvalue weighted by Crippen LogP contribution is -2.29. The van der Waals surface area contributed by atoms with Crippen LogP contribution in [0.3, 0.4) is 0 Å². The summed E-state index contributed by atoms with van der Waals surface area (Å²) in [6.07, 6.45) is 38.6. The first-order valence-corrected chi connectivity index (χ1v) is 19.7. The number of phosphoric ester groups is 1. The highest BCUT2D eigenvalue weighted by atomic mass is 31.2. The number of allylic oxidation sites excluding steroid dienone is 8. The molecule has 0 aromatic carbocycles. The van der Waals surface area contributed by atoms with Crippen molar-refractivity contribution < 1.29 is 42.7 Å². The predicted molar refractivity (Wildman–Crippen MR) is 192 cm³/mol. The molecule has 1 aliphatic rings. The van der Waals surface area contributed by atoms with Crippen molar-refractivity contribution in [3.8, 4) is 0 Å². The Morgan fingerprint density at radius 3 is 1.75 bits per heavy atom. The van der Waals surface area contributed by atoms with Gasteiger partial charge in [-0.2, -0.15) is 0 Å². The van der Waals surface area contributed by atoms with Crippen LogP contribution in [0.1, 0.15) is 136 Å². The Bertz CT molecular complexity index is 1030. The van der Waals surface area contributed by atoms with E-state index in [1.807, 2.05) is 12.2 Å². The molecule has 1 fully saturated rings. The Labute approximate surface area is 290 Å². The number of phosphoric acid groups is 1. The first-order valence-electron chi connectivity index (χ1n) is 18.2. The van der Waals surface area contributed by atoms with Crippen molar-refractivity contribution in [3.05, 3.63) is 60.8 Å². The lowest BCUT2D eigenvalue weighted by Gasteiger charge is -2.18. The fraction of sp³-hybridized carbons (Fsp3) is 0.684. The molecule has 10 heteroatoms. The van der Waals surface area contributed by atoms with Crippen LogP contribution in [0.25, 0.3) is 0 Å². The van der Waals surface area contributed by atoms with Crippen molar-refractivity contribution in [2.45, 2.75) is 154 Å². The van der Waals surface area contributed by atoms with Crippen molar-refractivity contribution in [2.75, 3.05) is 13.2 Å². The second kappa shape index (κ2) is 29.6. The lowest BCUT2D eigenvalue weighted by molar-refractivity contribution is -0.161. The number of esters is 2. The minimum atomic E-state index is -4.77. The van der Waals surface area contributed by atoms with Crippen molar-refractivity contribution in [1.29, 1.82) is 0 Å². The topological polar surface area (TPSA) is 132 Å². The standard InChI is InChI=1S/C38H63O9P/c1-3-5-7-8-9-10-16-19-22-26-30-37(39)44-32-34(33-45-48(41,42)43)46-38(40)31-27-23-20-17-14-12-11-13-15-18-21-25-29-36-35(47-36)28-24-6-4-2/h6,12-15,20-21,23-25,34-36H,3-5,7-11,16-19,22,26-33H2,1-2H3,(H2,41,42,43)/b14-12-,15-13-,23-20-,24-6-,25-21-/t34-,35?,36?/m1/s1. The smallest absolute Gasteiger partial charge is 0.462 e. The first kappa shape index (κ1) is 43.7. The van der Waals surface area contributed by atoms with Crippen LogP contribution in [0.5, 0.6) is 0 Å². The van der Waals surface area contributed by atoms with E-state index in [1.165, 1.54) is 38.5 Å². The molecule has 0 radical (unpaired) electrons. The number of unbranched alkanes of at least 4 members (excludes halogenated alkanes) is 9. The van der Waals surface area contributed by atoms with Crippen molar-refractivity contribution in [1.82, 2.24) is 0 Å². The van der Waals surface area contributed by atoms with E-state index >= 15 is 0 Å². The van der Waals surface area contributed by atoms with Gasteiger partial charge in [0, 0.05) is 12.8 Å². The van der Waals surface area contributed by atoms with E-state index in [0.29, 0.717) is 25.0 Å². The van der Waals surface area contributed by atoms with Crippen LogP contribution in [0.4, 0.5) is 0 Å². The van der Waals surface area contributed by atoms with Gasteiger partial charge in [-0.1, -0.05) is 132 Å². The maximum Gasteiger partial charge on any atom is 0.469 e. The molecular weight excluding hydrogens is 631 g/mol. The Morgan fingerprint density at radius 1 is 0.667 bits per heavy atom. The third-order valence-corrected chi connectivity index (χ3v) is 8.20. The van der Waals surface area contributed by atoms with Gasteiger partial charge in [0.05, 0.1) is 18.8 Å². The second-order valence-corrected chi connectivity index (χ2v) is 13.4. The van der Waals surface area contributed by atoms with Gasteiger partial charge in [-0.15, -0.1) is 0 Å². The van der Waals surface area contributed by atoms with Crippen LogP contribution >= 0.6 is 7.82 Å². The average Bonchev–Trinajstić information content (AvgIpc) is 3.80. The fourth-order valence-electron chi connectivity index (χ4n) is 4.91. The zero-order valence-corrected chi connectivity index (χ0v) is 30.4. The van der Waals surface area contributed by atoms with Gasteiger partial charge in [0.1, 0.15) is 6.61 Å². The second-order valence-electron chi connectivity index (χ2n) is 12.2. The molecule has 0 saturated carbocycles. The minimum absolute atomic E-state index is 0.0822. The maximum atomic E-state index is 12.3. The summed E-state index contributed by atoms with van der Waals surface area (Å²) in [4.78, 5) is 42.5. The summed E-state index contributed by atoms with van der Waals surface area (Å²) in [6.45, 7) is 3.46. The summed E-state index contributed by atoms with van der Waals surface area (Å²) < 4.78 is 31.8. The molecule has 0 amide bonds. The first-order chi connectivity index (χ1) is 23.2. The Balaban J connectivity index is 2.16. The van der Waals surface area contributed by atoms with Crippen LogP contribution in [-0.4, -0.2) is 53.3 Å². The van der Waals surface area contributed by atoms with Crippen molar-refractivity contribution in [3.63, 3.8) is 0 Å². The molecule has 2 unspecified atom stereocenters. The summed E-state index contributed by atoms with van der Waals surface area (Å²) in [7, 11) is -4.77. The summed E-state index contributed by atoms with van der Waals surface area (Å²) in [6, 6.07) is 0. The van der Waals surface area contributed by atoms with E-state index in [9.17, 15) is 14.2 Å². The predicted octanol–water partition coefficient (Wildman–Crippen LogP) is 9.55. The van der Waals surface area contributed by atoms with E-state index in [2.05, 4.69) is 67.0 Å². The lowest BCUT2D eigenvalue weighted by atomic mass is 10.1. The zero-order chi connectivity index (χ0) is 35.1. The molecule has 1 rings (SSSR count). The number of rotatable bonds is 31. The molecule has 1 saturated heterocycles. The summed E-state index contributed by atoms with van der Waals surface area (Å²) >= 11 is 0. The van der Waals surface area contributed by atoms with E-state index in [0.717, 1.165) is 57.8 Å². The Kier molecular flexibility index (Phi) is 27.0. The summed E-state index contributed by atoms with van der Waals surface area (Å²) in [5.41, 5.74) is 0. The van der Waals surface area contributed by atoms with Gasteiger partial charge in [0.25, 0.3) is 0 Å². The van der Waals surface area contributed by atoms with Gasteiger partial charge in [0.2, 0.25) is 0 Å². The molecular formula is C38H63O9P. The third kappa shape index (κ3) is 28.7. The van der Waals surface area contributed by atoms with Gasteiger partial charge in [-0.3, -0.25) is 14.1 Å². The van der Waals surface area contributed by atoms with E-state index in [-0.39, 0.29) is 19.4 Å². The van der Waals surface area contributed by atoms with Gasteiger partial charge in [-0.25, -0.2) is 4.57 Å². The normalized spacial score (nSPS) is 17.4. The number of ether oxygens (including phenoxy) is 3. The van der Waals surface area contributed by atoms with Crippen LogP contribution in [0, 0.1) is 0 Å². The molecule has 0 aromatic heterocycles. The number of carbonyl (C=O) groups is 2. The third-order valence-electron chi connectivity index (χ3n) is 7.72. The molecule has 48 heavy (non-hydrogen) atoms. The molecule has 1 heterocycles. The van der Waals surface area contributed by atoms with Gasteiger partial charge in [-0.05, 0) is 51.4 Å².